The predicted molar refractivity (Wildman–Crippen MR) is 165 cm³/mol. The zero-order chi connectivity index (χ0) is 26.3. The fourth-order valence-electron chi connectivity index (χ4n) is 4.86. The number of hydrogen-bond donors (Lipinski definition) is 0. The summed E-state index contributed by atoms with van der Waals surface area (Å²) in [4.78, 5) is 2.32. The van der Waals surface area contributed by atoms with Gasteiger partial charge in [0.25, 0.3) is 0 Å². The fourth-order valence-corrected chi connectivity index (χ4v) is 4.86. The average molecular weight is 504 g/mol. The van der Waals surface area contributed by atoms with Crippen LogP contribution >= 0.6 is 0 Å². The lowest BCUT2D eigenvalue weighted by Gasteiger charge is -2.40. The molecule has 0 fully saturated rings. The van der Waals surface area contributed by atoms with Crippen LogP contribution in [0.5, 0.6) is 0 Å². The molecule has 0 aliphatic carbocycles. The molecular formula is C36H29N3. The zero-order valence-electron chi connectivity index (χ0n) is 21.6. The van der Waals surface area contributed by atoms with Crippen molar-refractivity contribution in [1.82, 2.24) is 0 Å². The van der Waals surface area contributed by atoms with Gasteiger partial charge in [-0.05, 0) is 72.8 Å². The number of para-hydroxylation sites is 7. The van der Waals surface area contributed by atoms with Gasteiger partial charge >= 0.3 is 0 Å². The third kappa shape index (κ3) is 5.11. The molecule has 6 aromatic rings. The number of benzene rings is 6. The molecule has 0 amide bonds. The first-order valence-corrected chi connectivity index (χ1v) is 13.1. The van der Waals surface area contributed by atoms with Crippen LogP contribution in [0.4, 0.5) is 39.8 Å². The molecule has 0 spiro atoms. The third-order valence-corrected chi connectivity index (χ3v) is 6.58. The first-order valence-electron chi connectivity index (χ1n) is 13.1. The Hall–Kier alpha value is -5.28. The standard InChI is InChI=1S/C36H29N3/c1-6-18-30(19-7-1)37(31-20-8-2-9-21-31)35-28-16-17-29-36(35)39(34-26-14-5-15-27-34)38(32-22-10-3-11-23-32)33-24-12-4-13-25-33/h1-29H. The predicted octanol–water partition coefficient (Wildman–Crippen LogP) is 10.0. The summed E-state index contributed by atoms with van der Waals surface area (Å²) in [6.07, 6.45) is 0. The van der Waals surface area contributed by atoms with E-state index in [1.165, 1.54) is 0 Å². The summed E-state index contributed by atoms with van der Waals surface area (Å²) in [7, 11) is 0. The van der Waals surface area contributed by atoms with Gasteiger partial charge in [0.05, 0.1) is 28.4 Å². The summed E-state index contributed by atoms with van der Waals surface area (Å²) < 4.78 is 0. The van der Waals surface area contributed by atoms with Gasteiger partial charge in [0.15, 0.2) is 0 Å². The van der Waals surface area contributed by atoms with Crippen molar-refractivity contribution in [1.29, 1.82) is 0 Å². The van der Waals surface area contributed by atoms with E-state index >= 15 is 0 Å². The van der Waals surface area contributed by atoms with E-state index in [4.69, 9.17) is 0 Å². The molecule has 3 nitrogen and oxygen atoms in total. The molecule has 6 aromatic carbocycles. The largest absolute Gasteiger partial charge is 0.308 e. The Labute approximate surface area is 230 Å². The van der Waals surface area contributed by atoms with Gasteiger partial charge in [0.2, 0.25) is 0 Å². The molecule has 0 unspecified atom stereocenters. The smallest absolute Gasteiger partial charge is 0.0877 e. The Morgan fingerprint density at radius 3 is 0.897 bits per heavy atom. The second-order valence-corrected chi connectivity index (χ2v) is 9.13. The van der Waals surface area contributed by atoms with Crippen LogP contribution in [0.1, 0.15) is 0 Å². The lowest BCUT2D eigenvalue weighted by molar-refractivity contribution is 0.987. The molecule has 0 radical (unpaired) electrons. The van der Waals surface area contributed by atoms with Crippen LogP contribution in [0.25, 0.3) is 0 Å². The molecule has 0 heterocycles. The highest BCUT2D eigenvalue weighted by molar-refractivity contribution is 5.90. The van der Waals surface area contributed by atoms with Gasteiger partial charge in [0, 0.05) is 11.4 Å². The summed E-state index contributed by atoms with van der Waals surface area (Å²) in [6, 6.07) is 61.3. The van der Waals surface area contributed by atoms with E-state index < -0.39 is 0 Å². The number of anilines is 7. The number of hydrogen-bond acceptors (Lipinski definition) is 3. The van der Waals surface area contributed by atoms with Gasteiger partial charge in [-0.1, -0.05) is 103 Å². The maximum absolute atomic E-state index is 2.32. The van der Waals surface area contributed by atoms with Crippen LogP contribution in [0.2, 0.25) is 0 Å². The molecular weight excluding hydrogens is 474 g/mol. The Balaban J connectivity index is 1.62. The van der Waals surface area contributed by atoms with Gasteiger partial charge < -0.3 is 4.90 Å². The van der Waals surface area contributed by atoms with Crippen molar-refractivity contribution >= 4 is 39.8 Å². The van der Waals surface area contributed by atoms with E-state index in [-0.39, 0.29) is 0 Å². The molecule has 0 saturated carbocycles. The quantitative estimate of drug-likeness (QED) is 0.191. The Morgan fingerprint density at radius 1 is 0.231 bits per heavy atom. The molecule has 39 heavy (non-hydrogen) atoms. The highest BCUT2D eigenvalue weighted by atomic mass is 15.6. The minimum atomic E-state index is 1.05. The van der Waals surface area contributed by atoms with Gasteiger partial charge in [-0.3, -0.25) is 0 Å². The lowest BCUT2D eigenvalue weighted by atomic mass is 10.1. The highest BCUT2D eigenvalue weighted by Crippen LogP contribution is 2.45. The van der Waals surface area contributed by atoms with Crippen molar-refractivity contribution in [2.24, 2.45) is 0 Å². The summed E-state index contributed by atoms with van der Waals surface area (Å²) in [6.45, 7) is 0. The van der Waals surface area contributed by atoms with Gasteiger partial charge in [-0.15, -0.1) is 0 Å². The molecule has 0 N–H and O–H groups in total. The van der Waals surface area contributed by atoms with Crippen LogP contribution in [0, 0.1) is 0 Å². The Morgan fingerprint density at radius 2 is 0.513 bits per heavy atom. The average Bonchev–Trinajstić information content (AvgIpc) is 3.03. The van der Waals surface area contributed by atoms with Crippen molar-refractivity contribution in [3.8, 4) is 0 Å². The molecule has 0 bridgehead atoms. The van der Waals surface area contributed by atoms with Gasteiger partial charge in [-0.2, -0.15) is 0 Å². The summed E-state index contributed by atoms with van der Waals surface area (Å²) in [5.74, 6) is 0. The van der Waals surface area contributed by atoms with E-state index in [0.29, 0.717) is 0 Å². The third-order valence-electron chi connectivity index (χ3n) is 6.58. The molecule has 188 valence electrons. The van der Waals surface area contributed by atoms with Crippen LogP contribution in [0.15, 0.2) is 176 Å². The molecule has 0 atom stereocenters. The van der Waals surface area contributed by atoms with Crippen molar-refractivity contribution in [2.75, 3.05) is 14.9 Å². The van der Waals surface area contributed by atoms with E-state index in [2.05, 4.69) is 191 Å². The SMILES string of the molecule is c1ccc(N(c2ccccc2)c2ccccc2N(c2ccccc2)N(c2ccccc2)c2ccccc2)cc1. The fraction of sp³-hybridized carbons (Fsp3) is 0. The van der Waals surface area contributed by atoms with E-state index in [9.17, 15) is 0 Å². The number of hydrazine groups is 1. The Kier molecular flexibility index (Phi) is 7.04. The topological polar surface area (TPSA) is 9.72 Å². The first kappa shape index (κ1) is 24.1. The van der Waals surface area contributed by atoms with Crippen molar-refractivity contribution in [3.05, 3.63) is 176 Å². The highest BCUT2D eigenvalue weighted by Gasteiger charge is 2.26. The van der Waals surface area contributed by atoms with Gasteiger partial charge in [-0.25, -0.2) is 10.0 Å². The molecule has 0 aliphatic heterocycles. The van der Waals surface area contributed by atoms with E-state index in [1.807, 2.05) is 0 Å². The number of nitrogens with zero attached hydrogens (tertiary/aromatic N) is 3. The van der Waals surface area contributed by atoms with Crippen LogP contribution in [-0.2, 0) is 0 Å². The lowest BCUT2D eigenvalue weighted by Crippen LogP contribution is -2.36. The first-order chi connectivity index (χ1) is 19.4. The second-order valence-electron chi connectivity index (χ2n) is 9.13. The monoisotopic (exact) mass is 503 g/mol. The van der Waals surface area contributed by atoms with Crippen LogP contribution in [-0.4, -0.2) is 0 Å². The van der Waals surface area contributed by atoms with Crippen molar-refractivity contribution in [3.63, 3.8) is 0 Å². The van der Waals surface area contributed by atoms with Crippen molar-refractivity contribution in [2.45, 2.75) is 0 Å². The summed E-state index contributed by atoms with van der Waals surface area (Å²) in [5.41, 5.74) is 7.48. The molecule has 0 aliphatic rings. The molecule has 0 aromatic heterocycles. The van der Waals surface area contributed by atoms with E-state index in [0.717, 1.165) is 39.8 Å². The number of rotatable bonds is 8. The second kappa shape index (κ2) is 11.4. The van der Waals surface area contributed by atoms with Crippen LogP contribution < -0.4 is 14.9 Å². The minimum absolute atomic E-state index is 1.05. The maximum Gasteiger partial charge on any atom is 0.0877 e. The molecule has 3 heteroatoms. The summed E-state index contributed by atoms with van der Waals surface area (Å²) in [5, 5.41) is 4.58. The van der Waals surface area contributed by atoms with Crippen molar-refractivity contribution < 1.29 is 0 Å². The zero-order valence-corrected chi connectivity index (χ0v) is 21.6. The normalized spacial score (nSPS) is 10.6. The summed E-state index contributed by atoms with van der Waals surface area (Å²) >= 11 is 0. The minimum Gasteiger partial charge on any atom is -0.308 e. The van der Waals surface area contributed by atoms with Gasteiger partial charge in [0.1, 0.15) is 0 Å². The molecule has 0 saturated heterocycles. The van der Waals surface area contributed by atoms with E-state index in [1.54, 1.807) is 0 Å². The molecule has 6 rings (SSSR count). The van der Waals surface area contributed by atoms with Crippen LogP contribution in [0.3, 0.4) is 0 Å². The Bertz CT molecular complexity index is 1510. The maximum atomic E-state index is 2.32.